The first-order valence-electron chi connectivity index (χ1n) is 9.87. The molecule has 0 spiro atoms. The van der Waals surface area contributed by atoms with Crippen molar-refractivity contribution in [3.63, 3.8) is 0 Å². The van der Waals surface area contributed by atoms with Crippen LogP contribution in [0.3, 0.4) is 0 Å². The number of benzene rings is 2. The van der Waals surface area contributed by atoms with Gasteiger partial charge in [-0.2, -0.15) is 0 Å². The van der Waals surface area contributed by atoms with Gasteiger partial charge in [0, 0.05) is 35.9 Å². The van der Waals surface area contributed by atoms with Crippen LogP contribution >= 0.6 is 0 Å². The third kappa shape index (κ3) is 5.20. The van der Waals surface area contributed by atoms with Crippen LogP contribution in [0, 0.1) is 6.92 Å². The van der Waals surface area contributed by atoms with E-state index in [0.29, 0.717) is 23.0 Å². The molecule has 0 bridgehead atoms. The fourth-order valence-corrected chi connectivity index (χ4v) is 2.99. The molecule has 2 N–H and O–H groups in total. The van der Waals surface area contributed by atoms with Crippen LogP contribution in [0.25, 0.3) is 5.82 Å². The Morgan fingerprint density at radius 2 is 1.78 bits per heavy atom. The van der Waals surface area contributed by atoms with Gasteiger partial charge in [0.2, 0.25) is 0 Å². The van der Waals surface area contributed by atoms with E-state index in [0.717, 1.165) is 17.3 Å². The van der Waals surface area contributed by atoms with Crippen LogP contribution in [-0.4, -0.2) is 39.1 Å². The molecule has 2 heterocycles. The summed E-state index contributed by atoms with van der Waals surface area (Å²) in [6.07, 6.45) is 5.06. The molecule has 0 radical (unpaired) electrons. The highest BCUT2D eigenvalue weighted by atomic mass is 16.5. The number of aryl methyl sites for hydroxylation is 1. The fraction of sp³-hybridized carbons (Fsp3) is 0.130. The number of rotatable bonds is 8. The van der Waals surface area contributed by atoms with E-state index >= 15 is 0 Å². The van der Waals surface area contributed by atoms with Crippen LogP contribution in [0.2, 0.25) is 0 Å². The number of anilines is 3. The summed E-state index contributed by atoms with van der Waals surface area (Å²) in [5.41, 5.74) is 1.48. The van der Waals surface area contributed by atoms with Gasteiger partial charge in [-0.05, 0) is 43.3 Å². The largest absolute Gasteiger partial charge is 0.497 e. The molecule has 1 amide bonds. The molecule has 9 heteroatoms. The molecule has 0 atom stereocenters. The molecule has 0 saturated heterocycles. The average Bonchev–Trinajstić information content (AvgIpc) is 3.25. The highest BCUT2D eigenvalue weighted by molar-refractivity contribution is 5.92. The zero-order chi connectivity index (χ0) is 22.3. The Labute approximate surface area is 185 Å². The van der Waals surface area contributed by atoms with E-state index in [9.17, 15) is 4.79 Å². The SMILES string of the molecule is COc1cccc(OCC(=O)Nc2ccc(Nc3cc(-n4ccnc4C)ncn3)cc2)c1. The number of ether oxygens (including phenoxy) is 2. The summed E-state index contributed by atoms with van der Waals surface area (Å²) >= 11 is 0. The first-order valence-corrected chi connectivity index (χ1v) is 9.87. The van der Waals surface area contributed by atoms with Crippen molar-refractivity contribution in [2.75, 3.05) is 24.4 Å². The normalized spacial score (nSPS) is 10.4. The van der Waals surface area contributed by atoms with Gasteiger partial charge in [0.05, 0.1) is 7.11 Å². The number of carbonyl (C=O) groups excluding carboxylic acids is 1. The van der Waals surface area contributed by atoms with E-state index in [1.54, 1.807) is 43.6 Å². The standard InChI is InChI=1S/C23H22N6O3/c1-16-24-10-11-29(16)22-13-21(25-15-26-22)27-17-6-8-18(9-7-17)28-23(30)14-32-20-5-3-4-19(12-20)31-2/h3-13,15H,14H2,1-2H3,(H,28,30)(H,25,26,27). The smallest absolute Gasteiger partial charge is 0.262 e. The second-order valence-corrected chi connectivity index (χ2v) is 6.82. The Morgan fingerprint density at radius 3 is 2.53 bits per heavy atom. The van der Waals surface area contributed by atoms with Crippen molar-refractivity contribution in [2.24, 2.45) is 0 Å². The maximum atomic E-state index is 12.2. The first kappa shape index (κ1) is 20.9. The van der Waals surface area contributed by atoms with Crippen molar-refractivity contribution in [2.45, 2.75) is 6.92 Å². The molecule has 0 aliphatic rings. The number of imidazole rings is 1. The van der Waals surface area contributed by atoms with Gasteiger partial charge in [-0.3, -0.25) is 9.36 Å². The molecule has 0 aliphatic heterocycles. The summed E-state index contributed by atoms with van der Waals surface area (Å²) in [7, 11) is 1.58. The molecule has 4 rings (SSSR count). The van der Waals surface area contributed by atoms with Gasteiger partial charge in [-0.25, -0.2) is 15.0 Å². The summed E-state index contributed by atoms with van der Waals surface area (Å²) in [6.45, 7) is 1.80. The number of hydrogen-bond donors (Lipinski definition) is 2. The number of aromatic nitrogens is 4. The number of nitrogens with zero attached hydrogens (tertiary/aromatic N) is 4. The Morgan fingerprint density at radius 1 is 1.00 bits per heavy atom. The first-order chi connectivity index (χ1) is 15.6. The van der Waals surface area contributed by atoms with Gasteiger partial charge >= 0.3 is 0 Å². The van der Waals surface area contributed by atoms with Gasteiger partial charge in [0.25, 0.3) is 5.91 Å². The van der Waals surface area contributed by atoms with Crippen LogP contribution in [0.5, 0.6) is 11.5 Å². The molecule has 0 unspecified atom stereocenters. The minimum atomic E-state index is -0.260. The highest BCUT2D eigenvalue weighted by Crippen LogP contribution is 2.20. The predicted molar refractivity (Wildman–Crippen MR) is 121 cm³/mol. The molecule has 9 nitrogen and oxygen atoms in total. The average molecular weight is 430 g/mol. The van der Waals surface area contributed by atoms with E-state index in [-0.39, 0.29) is 12.5 Å². The van der Waals surface area contributed by atoms with Crippen molar-refractivity contribution in [1.29, 1.82) is 0 Å². The van der Waals surface area contributed by atoms with Crippen molar-refractivity contribution < 1.29 is 14.3 Å². The van der Waals surface area contributed by atoms with Crippen molar-refractivity contribution >= 4 is 23.1 Å². The van der Waals surface area contributed by atoms with Gasteiger partial charge < -0.3 is 20.1 Å². The second kappa shape index (κ2) is 9.61. The number of nitrogens with one attached hydrogen (secondary N) is 2. The Hall–Kier alpha value is -4.40. The number of methoxy groups -OCH3 is 1. The molecule has 0 aliphatic carbocycles. The summed E-state index contributed by atoms with van der Waals surface area (Å²) < 4.78 is 12.5. The van der Waals surface area contributed by atoms with E-state index in [1.807, 2.05) is 42.0 Å². The molecular weight excluding hydrogens is 408 g/mol. The molecule has 0 fully saturated rings. The lowest BCUT2D eigenvalue weighted by molar-refractivity contribution is -0.118. The summed E-state index contributed by atoms with van der Waals surface area (Å²) in [6, 6.07) is 16.2. The number of amides is 1. The maximum Gasteiger partial charge on any atom is 0.262 e. The van der Waals surface area contributed by atoms with Gasteiger partial charge in [-0.15, -0.1) is 0 Å². The van der Waals surface area contributed by atoms with Gasteiger partial charge in [0.15, 0.2) is 6.61 Å². The predicted octanol–water partition coefficient (Wildman–Crippen LogP) is 3.74. The van der Waals surface area contributed by atoms with Gasteiger partial charge in [0.1, 0.15) is 35.3 Å². The fourth-order valence-electron chi connectivity index (χ4n) is 2.99. The lowest BCUT2D eigenvalue weighted by Gasteiger charge is -2.10. The van der Waals surface area contributed by atoms with Crippen LogP contribution in [-0.2, 0) is 4.79 Å². The zero-order valence-corrected chi connectivity index (χ0v) is 17.6. The third-order valence-electron chi connectivity index (χ3n) is 4.58. The zero-order valence-electron chi connectivity index (χ0n) is 17.6. The lowest BCUT2D eigenvalue weighted by atomic mass is 10.2. The van der Waals surface area contributed by atoms with Crippen LogP contribution in [0.4, 0.5) is 17.2 Å². The Kier molecular flexibility index (Phi) is 6.26. The van der Waals surface area contributed by atoms with Crippen LogP contribution in [0.15, 0.2) is 73.3 Å². The quantitative estimate of drug-likeness (QED) is 0.439. The van der Waals surface area contributed by atoms with Crippen LogP contribution in [0.1, 0.15) is 5.82 Å². The van der Waals surface area contributed by atoms with Gasteiger partial charge in [-0.1, -0.05) is 6.07 Å². The lowest BCUT2D eigenvalue weighted by Crippen LogP contribution is -2.20. The highest BCUT2D eigenvalue weighted by Gasteiger charge is 2.07. The molecule has 4 aromatic rings. The molecule has 162 valence electrons. The molecular formula is C23H22N6O3. The van der Waals surface area contributed by atoms with E-state index in [1.165, 1.54) is 6.33 Å². The molecule has 0 saturated carbocycles. The Balaban J connectivity index is 1.33. The van der Waals surface area contributed by atoms with E-state index in [4.69, 9.17) is 9.47 Å². The monoisotopic (exact) mass is 430 g/mol. The third-order valence-corrected chi connectivity index (χ3v) is 4.58. The maximum absolute atomic E-state index is 12.2. The van der Waals surface area contributed by atoms with Crippen molar-refractivity contribution in [3.05, 3.63) is 79.1 Å². The second-order valence-electron chi connectivity index (χ2n) is 6.82. The summed E-state index contributed by atoms with van der Waals surface area (Å²) in [4.78, 5) is 24.9. The molecule has 2 aromatic carbocycles. The number of hydrogen-bond acceptors (Lipinski definition) is 7. The summed E-state index contributed by atoms with van der Waals surface area (Å²) in [5.74, 6) is 3.18. The van der Waals surface area contributed by atoms with Crippen LogP contribution < -0.4 is 20.1 Å². The van der Waals surface area contributed by atoms with Crippen molar-refractivity contribution in [1.82, 2.24) is 19.5 Å². The number of carbonyl (C=O) groups is 1. The summed E-state index contributed by atoms with van der Waals surface area (Å²) in [5, 5.41) is 6.04. The minimum Gasteiger partial charge on any atom is -0.497 e. The Bertz CT molecular complexity index is 1210. The minimum absolute atomic E-state index is 0.107. The molecule has 2 aromatic heterocycles. The van der Waals surface area contributed by atoms with Crippen molar-refractivity contribution in [3.8, 4) is 17.3 Å². The van der Waals surface area contributed by atoms with E-state index < -0.39 is 0 Å². The van der Waals surface area contributed by atoms with E-state index in [2.05, 4.69) is 25.6 Å². The topological polar surface area (TPSA) is 103 Å². The molecule has 32 heavy (non-hydrogen) atoms.